The zero-order valence-corrected chi connectivity index (χ0v) is 15.5. The molecule has 0 radical (unpaired) electrons. The molecule has 0 spiro atoms. The van der Waals surface area contributed by atoms with Crippen LogP contribution in [0, 0.1) is 6.92 Å². The molecule has 0 atom stereocenters. The molecule has 8 nitrogen and oxygen atoms in total. The third kappa shape index (κ3) is 3.57. The molecule has 0 saturated carbocycles. The number of hydrogen-bond acceptors (Lipinski definition) is 6. The Morgan fingerprint density at radius 3 is 2.64 bits per heavy atom. The predicted octanol–water partition coefficient (Wildman–Crippen LogP) is 3.58. The van der Waals surface area contributed by atoms with Gasteiger partial charge in [-0.05, 0) is 43.3 Å². The number of carbonyl (C=O) groups is 1. The van der Waals surface area contributed by atoms with Crippen LogP contribution in [0.5, 0.6) is 5.75 Å². The number of anilines is 1. The Kier molecular flexibility index (Phi) is 4.76. The topological polar surface area (TPSA) is 95.1 Å². The molecule has 0 aliphatic rings. The fourth-order valence-electron chi connectivity index (χ4n) is 2.92. The highest BCUT2D eigenvalue weighted by molar-refractivity contribution is 6.04. The van der Waals surface area contributed by atoms with Gasteiger partial charge in [-0.2, -0.15) is 4.98 Å². The van der Waals surface area contributed by atoms with Crippen LogP contribution in [0.25, 0.3) is 11.0 Å². The van der Waals surface area contributed by atoms with Crippen LogP contribution in [-0.4, -0.2) is 25.6 Å². The third-order valence-electron chi connectivity index (χ3n) is 4.25. The van der Waals surface area contributed by atoms with Gasteiger partial charge in [-0.15, -0.1) is 0 Å². The number of imidazole rings is 1. The standard InChI is InChI=1S/C20H19N5O3/c1-3-25-17-7-5-4-6-16(17)22-20(25)23-19(26)14-8-10-15(11-9-14)27-12-18-21-13(2)28-24-18/h4-11H,3,12H2,1-2H3,(H,22,23,26). The predicted molar refractivity (Wildman–Crippen MR) is 103 cm³/mol. The summed E-state index contributed by atoms with van der Waals surface area (Å²) in [4.78, 5) is 21.2. The summed E-state index contributed by atoms with van der Waals surface area (Å²) < 4.78 is 12.5. The lowest BCUT2D eigenvalue weighted by molar-refractivity contribution is 0.102. The van der Waals surface area contributed by atoms with E-state index in [9.17, 15) is 4.79 Å². The van der Waals surface area contributed by atoms with Gasteiger partial charge < -0.3 is 13.8 Å². The molecule has 142 valence electrons. The summed E-state index contributed by atoms with van der Waals surface area (Å²) in [5, 5.41) is 6.66. The lowest BCUT2D eigenvalue weighted by atomic mass is 10.2. The van der Waals surface area contributed by atoms with Crippen LogP contribution in [0.1, 0.15) is 29.0 Å². The molecule has 2 aromatic heterocycles. The number of amides is 1. The molecule has 28 heavy (non-hydrogen) atoms. The normalized spacial score (nSPS) is 10.9. The molecule has 0 unspecified atom stereocenters. The summed E-state index contributed by atoms with van der Waals surface area (Å²) in [7, 11) is 0. The maximum absolute atomic E-state index is 12.6. The first kappa shape index (κ1) is 17.7. The summed E-state index contributed by atoms with van der Waals surface area (Å²) in [6, 6.07) is 14.6. The molecule has 0 aliphatic heterocycles. The van der Waals surface area contributed by atoms with Crippen molar-refractivity contribution in [2.45, 2.75) is 27.0 Å². The van der Waals surface area contributed by atoms with Crippen molar-refractivity contribution in [2.24, 2.45) is 0 Å². The molecule has 1 amide bonds. The molecule has 1 N–H and O–H groups in total. The number of fused-ring (bicyclic) bond motifs is 1. The Morgan fingerprint density at radius 2 is 1.93 bits per heavy atom. The molecule has 2 heterocycles. The van der Waals surface area contributed by atoms with Crippen molar-refractivity contribution >= 4 is 22.9 Å². The number of rotatable bonds is 6. The highest BCUT2D eigenvalue weighted by atomic mass is 16.5. The van der Waals surface area contributed by atoms with Crippen LogP contribution < -0.4 is 10.1 Å². The largest absolute Gasteiger partial charge is 0.485 e. The Hall–Kier alpha value is -3.68. The summed E-state index contributed by atoms with van der Waals surface area (Å²) in [6.07, 6.45) is 0. The molecule has 8 heteroatoms. The zero-order valence-electron chi connectivity index (χ0n) is 15.5. The minimum absolute atomic E-state index is 0.198. The van der Waals surface area contributed by atoms with E-state index in [-0.39, 0.29) is 12.5 Å². The molecular formula is C20H19N5O3. The average Bonchev–Trinajstić information content (AvgIpc) is 3.29. The van der Waals surface area contributed by atoms with Crippen molar-refractivity contribution in [2.75, 3.05) is 5.32 Å². The van der Waals surface area contributed by atoms with Crippen molar-refractivity contribution < 1.29 is 14.1 Å². The minimum Gasteiger partial charge on any atom is -0.485 e. The molecule has 0 fully saturated rings. The van der Waals surface area contributed by atoms with Crippen LogP contribution >= 0.6 is 0 Å². The van der Waals surface area contributed by atoms with Gasteiger partial charge in [0.2, 0.25) is 17.7 Å². The number of aryl methyl sites for hydroxylation is 2. The number of carbonyl (C=O) groups excluding carboxylic acids is 1. The van der Waals surface area contributed by atoms with Gasteiger partial charge in [-0.3, -0.25) is 10.1 Å². The molecule has 0 saturated heterocycles. The fraction of sp³-hybridized carbons (Fsp3) is 0.200. The second-order valence-electron chi connectivity index (χ2n) is 6.17. The molecule has 2 aromatic carbocycles. The van der Waals surface area contributed by atoms with Gasteiger partial charge in [0.05, 0.1) is 11.0 Å². The molecule has 0 bridgehead atoms. The van der Waals surface area contributed by atoms with E-state index in [1.807, 2.05) is 35.8 Å². The van der Waals surface area contributed by atoms with Gasteiger partial charge in [-0.1, -0.05) is 17.3 Å². The van der Waals surface area contributed by atoms with Crippen molar-refractivity contribution in [3.05, 3.63) is 65.8 Å². The van der Waals surface area contributed by atoms with Crippen LogP contribution in [0.4, 0.5) is 5.95 Å². The van der Waals surface area contributed by atoms with E-state index in [0.29, 0.717) is 35.5 Å². The summed E-state index contributed by atoms with van der Waals surface area (Å²) in [5.74, 6) is 1.87. The maximum Gasteiger partial charge on any atom is 0.257 e. The van der Waals surface area contributed by atoms with Gasteiger partial charge in [0.1, 0.15) is 5.75 Å². The quantitative estimate of drug-likeness (QED) is 0.552. The monoisotopic (exact) mass is 377 g/mol. The van der Waals surface area contributed by atoms with E-state index >= 15 is 0 Å². The van der Waals surface area contributed by atoms with Crippen molar-refractivity contribution in [3.63, 3.8) is 0 Å². The average molecular weight is 377 g/mol. The van der Waals surface area contributed by atoms with Crippen LogP contribution in [0.2, 0.25) is 0 Å². The Bertz CT molecular complexity index is 1110. The van der Waals surface area contributed by atoms with Crippen LogP contribution in [0.15, 0.2) is 53.1 Å². The van der Waals surface area contributed by atoms with Gasteiger partial charge in [-0.25, -0.2) is 4.98 Å². The summed E-state index contributed by atoms with van der Waals surface area (Å²) in [5.41, 5.74) is 2.35. The van der Waals surface area contributed by atoms with Crippen molar-refractivity contribution in [3.8, 4) is 5.75 Å². The lowest BCUT2D eigenvalue weighted by Gasteiger charge is -2.08. The van der Waals surface area contributed by atoms with E-state index in [2.05, 4.69) is 20.4 Å². The first-order valence-corrected chi connectivity index (χ1v) is 8.92. The molecule has 0 aliphatic carbocycles. The molecule has 4 aromatic rings. The smallest absolute Gasteiger partial charge is 0.257 e. The zero-order chi connectivity index (χ0) is 19.5. The van der Waals surface area contributed by atoms with E-state index in [0.717, 1.165) is 11.0 Å². The Morgan fingerprint density at radius 1 is 1.14 bits per heavy atom. The molecular weight excluding hydrogens is 358 g/mol. The number of nitrogens with zero attached hydrogens (tertiary/aromatic N) is 4. The fourth-order valence-corrected chi connectivity index (χ4v) is 2.92. The first-order valence-electron chi connectivity index (χ1n) is 8.92. The molecule has 4 rings (SSSR count). The van der Waals surface area contributed by atoms with Crippen LogP contribution in [-0.2, 0) is 13.2 Å². The highest BCUT2D eigenvalue weighted by Gasteiger charge is 2.13. The number of nitrogens with one attached hydrogen (secondary N) is 1. The Labute approximate surface area is 161 Å². The second kappa shape index (κ2) is 7.51. The number of benzene rings is 2. The summed E-state index contributed by atoms with van der Waals surface area (Å²) in [6.45, 7) is 4.64. The second-order valence-corrected chi connectivity index (χ2v) is 6.17. The Balaban J connectivity index is 1.45. The minimum atomic E-state index is -0.231. The number of ether oxygens (including phenoxy) is 1. The third-order valence-corrected chi connectivity index (χ3v) is 4.25. The number of para-hydroxylation sites is 2. The SMILES string of the molecule is CCn1c(NC(=O)c2ccc(OCc3noc(C)n3)cc2)nc2ccccc21. The van der Waals surface area contributed by atoms with Crippen molar-refractivity contribution in [1.82, 2.24) is 19.7 Å². The van der Waals surface area contributed by atoms with E-state index in [1.54, 1.807) is 31.2 Å². The van der Waals surface area contributed by atoms with Gasteiger partial charge in [0.15, 0.2) is 6.61 Å². The van der Waals surface area contributed by atoms with Gasteiger partial charge in [0.25, 0.3) is 5.91 Å². The van der Waals surface area contributed by atoms with E-state index < -0.39 is 0 Å². The van der Waals surface area contributed by atoms with Crippen molar-refractivity contribution in [1.29, 1.82) is 0 Å². The van der Waals surface area contributed by atoms with E-state index in [1.165, 1.54) is 0 Å². The van der Waals surface area contributed by atoms with Gasteiger partial charge >= 0.3 is 0 Å². The number of aromatic nitrogens is 4. The van der Waals surface area contributed by atoms with E-state index in [4.69, 9.17) is 9.26 Å². The lowest BCUT2D eigenvalue weighted by Crippen LogP contribution is -2.15. The maximum atomic E-state index is 12.6. The van der Waals surface area contributed by atoms with Gasteiger partial charge in [0, 0.05) is 19.0 Å². The number of hydrogen-bond donors (Lipinski definition) is 1. The summed E-state index contributed by atoms with van der Waals surface area (Å²) >= 11 is 0. The first-order chi connectivity index (χ1) is 13.6. The van der Waals surface area contributed by atoms with Crippen LogP contribution in [0.3, 0.4) is 0 Å². The highest BCUT2D eigenvalue weighted by Crippen LogP contribution is 2.20.